The second-order valence-electron chi connectivity index (χ2n) is 3.91. The average molecular weight is 330 g/mol. The number of nitro benzene ring substituents is 1. The number of hydrogen-bond acceptors (Lipinski definition) is 4. The van der Waals surface area contributed by atoms with Crippen LogP contribution in [0.5, 0.6) is 0 Å². The van der Waals surface area contributed by atoms with Gasteiger partial charge >= 0.3 is 0 Å². The average Bonchev–Trinajstić information content (AvgIpc) is 2.34. The number of nitrogens with one attached hydrogen (secondary N) is 2. The normalized spacial score (nSPS) is 10.2. The molecule has 0 aromatic heterocycles. The van der Waals surface area contributed by atoms with Crippen LogP contribution in [-0.4, -0.2) is 23.9 Å². The summed E-state index contributed by atoms with van der Waals surface area (Å²) in [5.74, 6) is -0.0289. The van der Waals surface area contributed by atoms with Gasteiger partial charge in [0, 0.05) is 42.2 Å². The lowest BCUT2D eigenvalue weighted by Crippen LogP contribution is -2.27. The lowest BCUT2D eigenvalue weighted by Gasteiger charge is -2.06. The molecule has 0 fully saturated rings. The molecule has 0 heterocycles. The van der Waals surface area contributed by atoms with Crippen molar-refractivity contribution >= 4 is 27.5 Å². The van der Waals surface area contributed by atoms with Gasteiger partial charge in [-0.05, 0) is 19.1 Å². The van der Waals surface area contributed by atoms with E-state index >= 15 is 0 Å². The maximum absolute atomic E-state index is 11.2. The third-order valence-corrected chi connectivity index (χ3v) is 2.95. The van der Waals surface area contributed by atoms with E-state index in [-0.39, 0.29) is 11.6 Å². The molecule has 1 aromatic rings. The standard InChI is InChI=1S/C12H16BrN3O3/c1-2-15-12(17)5-6-14-8-9-7-10(13)3-4-11(9)16(18)19/h3-4,7,14H,2,5-6,8H2,1H3,(H,15,17). The van der Waals surface area contributed by atoms with Crippen LogP contribution in [0.1, 0.15) is 18.9 Å². The van der Waals surface area contributed by atoms with Crippen LogP contribution in [0.4, 0.5) is 5.69 Å². The molecule has 6 nitrogen and oxygen atoms in total. The summed E-state index contributed by atoms with van der Waals surface area (Å²) in [5.41, 5.74) is 0.670. The number of halogens is 1. The number of hydrogen-bond donors (Lipinski definition) is 2. The molecular weight excluding hydrogens is 314 g/mol. The Balaban J connectivity index is 2.51. The molecule has 0 aliphatic carbocycles. The van der Waals surface area contributed by atoms with Gasteiger partial charge in [-0.25, -0.2) is 0 Å². The molecule has 0 aliphatic rings. The van der Waals surface area contributed by atoms with Crippen molar-refractivity contribution in [2.45, 2.75) is 19.9 Å². The van der Waals surface area contributed by atoms with Crippen molar-refractivity contribution in [1.82, 2.24) is 10.6 Å². The van der Waals surface area contributed by atoms with Gasteiger partial charge in [-0.3, -0.25) is 14.9 Å². The largest absolute Gasteiger partial charge is 0.356 e. The summed E-state index contributed by atoms with van der Waals surface area (Å²) in [6.07, 6.45) is 0.357. The SMILES string of the molecule is CCNC(=O)CCNCc1cc(Br)ccc1[N+](=O)[O-]. The minimum atomic E-state index is -0.409. The maximum Gasteiger partial charge on any atom is 0.273 e. The Morgan fingerprint density at radius 1 is 1.47 bits per heavy atom. The van der Waals surface area contributed by atoms with Crippen molar-refractivity contribution in [3.63, 3.8) is 0 Å². The van der Waals surface area contributed by atoms with Gasteiger partial charge in [0.15, 0.2) is 0 Å². The summed E-state index contributed by atoms with van der Waals surface area (Å²) in [4.78, 5) is 21.7. The molecule has 1 rings (SSSR count). The van der Waals surface area contributed by atoms with E-state index < -0.39 is 4.92 Å². The molecule has 0 saturated heterocycles. The summed E-state index contributed by atoms with van der Waals surface area (Å²) < 4.78 is 0.790. The van der Waals surface area contributed by atoms with Crippen LogP contribution in [0.25, 0.3) is 0 Å². The molecule has 0 radical (unpaired) electrons. The van der Waals surface area contributed by atoms with Crippen LogP contribution in [0.2, 0.25) is 0 Å². The lowest BCUT2D eigenvalue weighted by molar-refractivity contribution is -0.385. The van der Waals surface area contributed by atoms with Gasteiger partial charge in [-0.15, -0.1) is 0 Å². The summed E-state index contributed by atoms with van der Waals surface area (Å²) in [7, 11) is 0. The monoisotopic (exact) mass is 329 g/mol. The Morgan fingerprint density at radius 3 is 2.84 bits per heavy atom. The highest BCUT2D eigenvalue weighted by atomic mass is 79.9. The number of carbonyl (C=O) groups excluding carboxylic acids is 1. The molecule has 0 aliphatic heterocycles. The zero-order chi connectivity index (χ0) is 14.3. The summed E-state index contributed by atoms with van der Waals surface area (Å²) >= 11 is 3.28. The van der Waals surface area contributed by atoms with Crippen molar-refractivity contribution in [3.8, 4) is 0 Å². The molecule has 0 unspecified atom stereocenters. The van der Waals surface area contributed by atoms with Crippen LogP contribution in [0.3, 0.4) is 0 Å². The molecule has 104 valence electrons. The number of benzene rings is 1. The highest BCUT2D eigenvalue weighted by molar-refractivity contribution is 9.10. The fourth-order valence-corrected chi connectivity index (χ4v) is 1.99. The van der Waals surface area contributed by atoms with Crippen molar-refractivity contribution in [1.29, 1.82) is 0 Å². The Kier molecular flexibility index (Phi) is 6.44. The third kappa shape index (κ3) is 5.35. The predicted octanol–water partition coefficient (Wildman–Crippen LogP) is 1.97. The highest BCUT2D eigenvalue weighted by Crippen LogP contribution is 2.22. The van der Waals surface area contributed by atoms with E-state index in [1.165, 1.54) is 6.07 Å². The van der Waals surface area contributed by atoms with E-state index in [1.54, 1.807) is 12.1 Å². The fraction of sp³-hybridized carbons (Fsp3) is 0.417. The smallest absolute Gasteiger partial charge is 0.273 e. The maximum atomic E-state index is 11.2. The van der Waals surface area contributed by atoms with Gasteiger partial charge in [0.1, 0.15) is 0 Å². The number of nitrogens with zero attached hydrogens (tertiary/aromatic N) is 1. The number of rotatable bonds is 7. The van der Waals surface area contributed by atoms with E-state index in [1.807, 2.05) is 6.92 Å². The molecule has 0 spiro atoms. The molecule has 0 atom stereocenters. The Bertz CT molecular complexity index is 466. The summed E-state index contributed by atoms with van der Waals surface area (Å²) in [6, 6.07) is 4.80. The van der Waals surface area contributed by atoms with Gasteiger partial charge in [0.05, 0.1) is 4.92 Å². The quantitative estimate of drug-likeness (QED) is 0.455. The first-order valence-electron chi connectivity index (χ1n) is 5.94. The van der Waals surface area contributed by atoms with Gasteiger partial charge in [-0.2, -0.15) is 0 Å². The van der Waals surface area contributed by atoms with Crippen LogP contribution in [0.15, 0.2) is 22.7 Å². The minimum absolute atomic E-state index is 0.0289. The van der Waals surface area contributed by atoms with Crippen molar-refractivity contribution in [2.24, 2.45) is 0 Å². The molecular formula is C12H16BrN3O3. The number of amides is 1. The first kappa shape index (κ1) is 15.6. The lowest BCUT2D eigenvalue weighted by atomic mass is 10.2. The predicted molar refractivity (Wildman–Crippen MR) is 75.8 cm³/mol. The van der Waals surface area contributed by atoms with Crippen LogP contribution >= 0.6 is 15.9 Å². The summed E-state index contributed by atoms with van der Waals surface area (Å²) in [6.45, 7) is 3.30. The van der Waals surface area contributed by atoms with Crippen LogP contribution < -0.4 is 10.6 Å². The van der Waals surface area contributed by atoms with E-state index in [0.29, 0.717) is 31.6 Å². The number of nitro groups is 1. The Hall–Kier alpha value is -1.47. The van der Waals surface area contributed by atoms with E-state index in [2.05, 4.69) is 26.6 Å². The first-order valence-corrected chi connectivity index (χ1v) is 6.74. The molecule has 0 saturated carbocycles. The molecule has 1 amide bonds. The van der Waals surface area contributed by atoms with Crippen molar-refractivity contribution < 1.29 is 9.72 Å². The second-order valence-corrected chi connectivity index (χ2v) is 4.83. The van der Waals surface area contributed by atoms with Crippen molar-refractivity contribution in [2.75, 3.05) is 13.1 Å². The van der Waals surface area contributed by atoms with E-state index in [9.17, 15) is 14.9 Å². The van der Waals surface area contributed by atoms with E-state index in [4.69, 9.17) is 0 Å². The second kappa shape index (κ2) is 7.85. The molecule has 0 bridgehead atoms. The zero-order valence-corrected chi connectivity index (χ0v) is 12.2. The molecule has 1 aromatic carbocycles. The molecule has 19 heavy (non-hydrogen) atoms. The Morgan fingerprint density at radius 2 is 2.21 bits per heavy atom. The first-order chi connectivity index (χ1) is 9.04. The van der Waals surface area contributed by atoms with Gasteiger partial charge in [-0.1, -0.05) is 15.9 Å². The fourth-order valence-electron chi connectivity index (χ4n) is 1.58. The third-order valence-electron chi connectivity index (χ3n) is 2.46. The zero-order valence-electron chi connectivity index (χ0n) is 10.6. The van der Waals surface area contributed by atoms with Gasteiger partial charge in [0.2, 0.25) is 5.91 Å². The van der Waals surface area contributed by atoms with Gasteiger partial charge in [0.25, 0.3) is 5.69 Å². The van der Waals surface area contributed by atoms with Crippen LogP contribution in [0, 0.1) is 10.1 Å². The van der Waals surface area contributed by atoms with Crippen molar-refractivity contribution in [3.05, 3.63) is 38.3 Å². The summed E-state index contributed by atoms with van der Waals surface area (Å²) in [5, 5.41) is 16.6. The van der Waals surface area contributed by atoms with Crippen LogP contribution in [-0.2, 0) is 11.3 Å². The Labute approximate surface area is 119 Å². The minimum Gasteiger partial charge on any atom is -0.356 e. The number of carbonyl (C=O) groups is 1. The highest BCUT2D eigenvalue weighted by Gasteiger charge is 2.13. The topological polar surface area (TPSA) is 84.3 Å². The molecule has 7 heteroatoms. The molecule has 2 N–H and O–H groups in total. The van der Waals surface area contributed by atoms with E-state index in [0.717, 1.165) is 4.47 Å². The van der Waals surface area contributed by atoms with Gasteiger partial charge < -0.3 is 10.6 Å².